The number of hydrogen-bond acceptors (Lipinski definition) is 4. The lowest BCUT2D eigenvalue weighted by molar-refractivity contribution is -0.122. The summed E-state index contributed by atoms with van der Waals surface area (Å²) in [5.74, 6) is 0.892. The van der Waals surface area contributed by atoms with Gasteiger partial charge in [0.1, 0.15) is 0 Å². The second-order valence-electron chi connectivity index (χ2n) is 4.75. The van der Waals surface area contributed by atoms with E-state index in [4.69, 9.17) is 10.8 Å². The minimum Gasteiger partial charge on any atom is -0.396 e. The van der Waals surface area contributed by atoms with Crippen molar-refractivity contribution in [1.82, 2.24) is 5.32 Å². The highest BCUT2D eigenvalue weighted by atomic mass is 32.2. The topological polar surface area (TPSA) is 75.4 Å². The fourth-order valence-corrected chi connectivity index (χ4v) is 2.49. The van der Waals surface area contributed by atoms with Crippen LogP contribution in [0, 0.1) is 0 Å². The highest BCUT2D eigenvalue weighted by Crippen LogP contribution is 2.18. The summed E-state index contributed by atoms with van der Waals surface area (Å²) in [6.07, 6.45) is 3.31. The van der Waals surface area contributed by atoms with Gasteiger partial charge in [0.15, 0.2) is 0 Å². The van der Waals surface area contributed by atoms with Crippen molar-refractivity contribution in [3.8, 4) is 0 Å². The number of carbonyl (C=O) groups excluding carboxylic acids is 1. The zero-order valence-corrected chi connectivity index (χ0v) is 12.7. The molecule has 0 radical (unpaired) electrons. The molecule has 0 bridgehead atoms. The third kappa shape index (κ3) is 5.94. The van der Waals surface area contributed by atoms with Crippen molar-refractivity contribution in [3.63, 3.8) is 0 Å². The maximum Gasteiger partial charge on any atom is 0.236 e. The van der Waals surface area contributed by atoms with Crippen LogP contribution in [0.4, 0.5) is 0 Å². The molecule has 4 N–H and O–H groups in total. The van der Waals surface area contributed by atoms with Crippen LogP contribution in [0.3, 0.4) is 0 Å². The fraction of sp³-hybridized carbons (Fsp3) is 0.533. The smallest absolute Gasteiger partial charge is 0.236 e. The maximum absolute atomic E-state index is 11.9. The van der Waals surface area contributed by atoms with Crippen molar-refractivity contribution in [2.75, 3.05) is 25.2 Å². The summed E-state index contributed by atoms with van der Waals surface area (Å²) in [4.78, 5) is 11.9. The SMILES string of the molecule is CSCC[C@H](N)C(=O)NCC(CCO)c1ccccc1. The Morgan fingerprint density at radius 3 is 2.65 bits per heavy atom. The van der Waals surface area contributed by atoms with E-state index >= 15 is 0 Å². The van der Waals surface area contributed by atoms with E-state index in [0.29, 0.717) is 19.4 Å². The molecule has 2 atom stereocenters. The number of nitrogens with one attached hydrogen (secondary N) is 1. The molecule has 0 aliphatic heterocycles. The molecule has 0 heterocycles. The molecule has 0 saturated heterocycles. The highest BCUT2D eigenvalue weighted by molar-refractivity contribution is 7.98. The molecule has 4 nitrogen and oxygen atoms in total. The van der Waals surface area contributed by atoms with E-state index in [2.05, 4.69) is 5.32 Å². The third-order valence-corrected chi connectivity index (χ3v) is 3.88. The summed E-state index contributed by atoms with van der Waals surface area (Å²) in [5.41, 5.74) is 6.95. The molecule has 112 valence electrons. The number of aliphatic hydroxyl groups excluding tert-OH is 1. The molecule has 20 heavy (non-hydrogen) atoms. The molecule has 1 aromatic carbocycles. The predicted molar refractivity (Wildman–Crippen MR) is 84.9 cm³/mol. The van der Waals surface area contributed by atoms with E-state index in [1.54, 1.807) is 11.8 Å². The monoisotopic (exact) mass is 296 g/mol. The quantitative estimate of drug-likeness (QED) is 0.643. The zero-order chi connectivity index (χ0) is 14.8. The van der Waals surface area contributed by atoms with Crippen molar-refractivity contribution >= 4 is 17.7 Å². The van der Waals surface area contributed by atoms with Crippen LogP contribution < -0.4 is 11.1 Å². The minimum atomic E-state index is -0.451. The summed E-state index contributed by atoms with van der Waals surface area (Å²) in [5, 5.41) is 12.0. The Morgan fingerprint density at radius 2 is 2.05 bits per heavy atom. The Morgan fingerprint density at radius 1 is 1.35 bits per heavy atom. The molecule has 0 fully saturated rings. The maximum atomic E-state index is 11.9. The summed E-state index contributed by atoms with van der Waals surface area (Å²) < 4.78 is 0. The number of aliphatic hydroxyl groups is 1. The standard InChI is InChI=1S/C15H24N2O2S/c1-20-10-8-14(16)15(19)17-11-13(7-9-18)12-5-3-2-4-6-12/h2-6,13-14,18H,7-11,16H2,1H3,(H,17,19)/t13?,14-/m0/s1. The summed E-state index contributed by atoms with van der Waals surface area (Å²) in [6, 6.07) is 9.46. The van der Waals surface area contributed by atoms with Crippen LogP contribution in [0.5, 0.6) is 0 Å². The van der Waals surface area contributed by atoms with Gasteiger partial charge >= 0.3 is 0 Å². The van der Waals surface area contributed by atoms with E-state index in [1.165, 1.54) is 0 Å². The molecule has 1 aromatic rings. The van der Waals surface area contributed by atoms with Gasteiger partial charge in [0.25, 0.3) is 0 Å². The molecular formula is C15H24N2O2S. The molecule has 1 unspecified atom stereocenters. The minimum absolute atomic E-state index is 0.105. The predicted octanol–water partition coefficient (Wildman–Crippen LogP) is 1.35. The molecule has 0 aliphatic rings. The molecule has 5 heteroatoms. The van der Waals surface area contributed by atoms with Gasteiger partial charge in [-0.2, -0.15) is 11.8 Å². The lowest BCUT2D eigenvalue weighted by Crippen LogP contribution is -2.42. The van der Waals surface area contributed by atoms with Gasteiger partial charge in [0, 0.05) is 19.1 Å². The van der Waals surface area contributed by atoms with Crippen molar-refractivity contribution < 1.29 is 9.90 Å². The van der Waals surface area contributed by atoms with Gasteiger partial charge in [-0.15, -0.1) is 0 Å². The first-order valence-electron chi connectivity index (χ1n) is 6.87. The molecular weight excluding hydrogens is 272 g/mol. The lowest BCUT2D eigenvalue weighted by Gasteiger charge is -2.19. The number of carbonyl (C=O) groups is 1. The summed E-state index contributed by atoms with van der Waals surface area (Å²) in [6.45, 7) is 0.615. The highest BCUT2D eigenvalue weighted by Gasteiger charge is 2.16. The Labute approximate surface area is 125 Å². The van der Waals surface area contributed by atoms with E-state index in [9.17, 15) is 4.79 Å². The van der Waals surface area contributed by atoms with E-state index in [0.717, 1.165) is 11.3 Å². The first kappa shape index (κ1) is 17.0. The average Bonchev–Trinajstić information content (AvgIpc) is 2.49. The Bertz CT molecular complexity index is 387. The lowest BCUT2D eigenvalue weighted by atomic mass is 9.96. The average molecular weight is 296 g/mol. The summed E-state index contributed by atoms with van der Waals surface area (Å²) in [7, 11) is 0. The van der Waals surface area contributed by atoms with E-state index in [1.807, 2.05) is 36.6 Å². The molecule has 0 saturated carbocycles. The molecule has 0 aromatic heterocycles. The van der Waals surface area contributed by atoms with Crippen LogP contribution in [0.25, 0.3) is 0 Å². The third-order valence-electron chi connectivity index (χ3n) is 3.24. The van der Waals surface area contributed by atoms with Gasteiger partial charge < -0.3 is 16.2 Å². The van der Waals surface area contributed by atoms with E-state index < -0.39 is 6.04 Å². The van der Waals surface area contributed by atoms with Gasteiger partial charge in [-0.05, 0) is 30.4 Å². The number of amides is 1. The molecule has 1 rings (SSSR count). The van der Waals surface area contributed by atoms with Crippen LogP contribution >= 0.6 is 11.8 Å². The van der Waals surface area contributed by atoms with Crippen LogP contribution in [-0.2, 0) is 4.79 Å². The first-order chi connectivity index (χ1) is 9.69. The number of nitrogens with two attached hydrogens (primary N) is 1. The van der Waals surface area contributed by atoms with Gasteiger partial charge in [-0.3, -0.25) is 4.79 Å². The molecule has 1 amide bonds. The van der Waals surface area contributed by atoms with Gasteiger partial charge in [-0.25, -0.2) is 0 Å². The fourth-order valence-electron chi connectivity index (χ4n) is 2.00. The Balaban J connectivity index is 2.49. The second-order valence-corrected chi connectivity index (χ2v) is 5.74. The van der Waals surface area contributed by atoms with Crippen molar-refractivity contribution in [2.24, 2.45) is 5.73 Å². The molecule has 0 aliphatic carbocycles. The van der Waals surface area contributed by atoms with Crippen LogP contribution in [-0.4, -0.2) is 42.2 Å². The Hall–Kier alpha value is -1.04. The number of benzene rings is 1. The van der Waals surface area contributed by atoms with Crippen molar-refractivity contribution in [3.05, 3.63) is 35.9 Å². The normalized spacial score (nSPS) is 13.8. The second kappa shape index (κ2) is 9.80. The zero-order valence-electron chi connectivity index (χ0n) is 11.9. The van der Waals surface area contributed by atoms with Crippen LogP contribution in [0.15, 0.2) is 30.3 Å². The van der Waals surface area contributed by atoms with Gasteiger partial charge in [0.05, 0.1) is 6.04 Å². The first-order valence-corrected chi connectivity index (χ1v) is 8.26. The largest absolute Gasteiger partial charge is 0.396 e. The van der Waals surface area contributed by atoms with Crippen LogP contribution in [0.2, 0.25) is 0 Å². The number of hydrogen-bond donors (Lipinski definition) is 3. The summed E-state index contributed by atoms with van der Waals surface area (Å²) >= 11 is 1.68. The number of thioether (sulfide) groups is 1. The van der Waals surface area contributed by atoms with Gasteiger partial charge in [0.2, 0.25) is 5.91 Å². The number of rotatable bonds is 9. The van der Waals surface area contributed by atoms with Crippen molar-refractivity contribution in [2.45, 2.75) is 24.8 Å². The van der Waals surface area contributed by atoms with E-state index in [-0.39, 0.29) is 18.4 Å². The van der Waals surface area contributed by atoms with Crippen molar-refractivity contribution in [1.29, 1.82) is 0 Å². The van der Waals surface area contributed by atoms with Gasteiger partial charge in [-0.1, -0.05) is 30.3 Å². The Kier molecular flexibility index (Phi) is 8.34. The van der Waals surface area contributed by atoms with Crippen LogP contribution in [0.1, 0.15) is 24.3 Å². The molecule has 0 spiro atoms.